The topological polar surface area (TPSA) is 60.3 Å². The van der Waals surface area contributed by atoms with Gasteiger partial charge in [-0.3, -0.25) is 14.4 Å². The van der Waals surface area contributed by atoms with Crippen LogP contribution in [0.1, 0.15) is 29.1 Å². The number of halogens is 2. The zero-order valence-electron chi connectivity index (χ0n) is 14.5. The Kier molecular flexibility index (Phi) is 4.31. The van der Waals surface area contributed by atoms with E-state index in [4.69, 9.17) is 4.74 Å². The van der Waals surface area contributed by atoms with Gasteiger partial charge in [0, 0.05) is 6.54 Å². The lowest BCUT2D eigenvalue weighted by atomic mass is 10.2. The molecule has 1 aliphatic heterocycles. The molecule has 0 saturated carbocycles. The second kappa shape index (κ2) is 6.79. The van der Waals surface area contributed by atoms with Gasteiger partial charge in [0.1, 0.15) is 41.2 Å². The summed E-state index contributed by atoms with van der Waals surface area (Å²) in [6.07, 6.45) is 1.08. The maximum Gasteiger partial charge on any atom is 0.277 e. The van der Waals surface area contributed by atoms with Crippen molar-refractivity contribution in [2.24, 2.45) is 0 Å². The van der Waals surface area contributed by atoms with Crippen LogP contribution < -0.4 is 9.64 Å². The predicted octanol–water partition coefficient (Wildman–Crippen LogP) is 3.36. The molecule has 1 aliphatic rings. The van der Waals surface area contributed by atoms with E-state index < -0.39 is 5.82 Å². The minimum atomic E-state index is -0.457. The molecular weight excluding hydrogens is 354 g/mol. The predicted molar refractivity (Wildman–Crippen MR) is 93.5 cm³/mol. The lowest BCUT2D eigenvalue weighted by molar-refractivity contribution is 0.0952. The van der Waals surface area contributed by atoms with Gasteiger partial charge in [-0.1, -0.05) is 0 Å². The molecule has 0 radical (unpaired) electrons. The van der Waals surface area contributed by atoms with Crippen LogP contribution in [0.15, 0.2) is 48.7 Å². The maximum absolute atomic E-state index is 13.1. The van der Waals surface area contributed by atoms with E-state index in [9.17, 15) is 13.6 Å². The van der Waals surface area contributed by atoms with Crippen molar-refractivity contribution in [3.8, 4) is 5.75 Å². The molecule has 0 aliphatic carbocycles. The Bertz CT molecular complexity index is 970. The summed E-state index contributed by atoms with van der Waals surface area (Å²) in [6, 6.07) is 10.0. The number of nitrogens with zero attached hydrogens (tertiary/aromatic N) is 4. The van der Waals surface area contributed by atoms with Crippen LogP contribution in [0.5, 0.6) is 5.75 Å². The monoisotopic (exact) mass is 370 g/mol. The number of aromatic nitrogens is 3. The minimum Gasteiger partial charge on any atom is -0.487 e. The van der Waals surface area contributed by atoms with E-state index in [2.05, 4.69) is 10.1 Å². The molecule has 0 N–H and O–H groups in total. The molecular formula is C19H16F2N4O2. The van der Waals surface area contributed by atoms with Crippen LogP contribution in [0.3, 0.4) is 0 Å². The fourth-order valence-corrected chi connectivity index (χ4v) is 2.99. The summed E-state index contributed by atoms with van der Waals surface area (Å²) in [6.45, 7) is 2.47. The molecule has 4 rings (SSSR count). The second-order valence-electron chi connectivity index (χ2n) is 6.31. The SMILES string of the molecule is CC1CN(c2ccc(F)cn2)C(=O)c2cc(COc3ccc(F)cc3)nn21. The number of pyridine rings is 1. The van der Waals surface area contributed by atoms with Gasteiger partial charge in [-0.2, -0.15) is 5.10 Å². The standard InChI is InChI=1S/C19H16F2N4O2/c1-12-10-24(18-7-4-14(21)9-22-18)19(26)17-8-15(23-25(12)17)11-27-16-5-2-13(20)3-6-16/h2-9,12H,10-11H2,1H3. The molecule has 1 unspecified atom stereocenters. The van der Waals surface area contributed by atoms with Crippen molar-refractivity contribution in [3.05, 3.63) is 71.7 Å². The molecule has 3 heterocycles. The number of hydrogen-bond donors (Lipinski definition) is 0. The van der Waals surface area contributed by atoms with Gasteiger partial charge in [0.05, 0.1) is 12.2 Å². The summed E-state index contributed by atoms with van der Waals surface area (Å²) < 4.78 is 33.3. The first-order valence-corrected chi connectivity index (χ1v) is 8.41. The minimum absolute atomic E-state index is 0.0795. The van der Waals surface area contributed by atoms with Crippen molar-refractivity contribution in [1.82, 2.24) is 14.8 Å². The van der Waals surface area contributed by atoms with E-state index in [0.29, 0.717) is 29.5 Å². The molecule has 138 valence electrons. The van der Waals surface area contributed by atoms with Crippen LogP contribution in [0.4, 0.5) is 14.6 Å². The highest BCUT2D eigenvalue weighted by atomic mass is 19.1. The smallest absolute Gasteiger partial charge is 0.277 e. The summed E-state index contributed by atoms with van der Waals surface area (Å²) in [4.78, 5) is 18.3. The molecule has 0 fully saturated rings. The average molecular weight is 370 g/mol. The van der Waals surface area contributed by atoms with Gasteiger partial charge in [-0.25, -0.2) is 13.8 Å². The van der Waals surface area contributed by atoms with Gasteiger partial charge < -0.3 is 4.74 Å². The van der Waals surface area contributed by atoms with Crippen LogP contribution in [0, 0.1) is 11.6 Å². The summed E-state index contributed by atoms with van der Waals surface area (Å²) in [5, 5.41) is 4.45. The first-order chi connectivity index (χ1) is 13.0. The molecule has 1 aromatic carbocycles. The van der Waals surface area contributed by atoms with Crippen molar-refractivity contribution in [3.63, 3.8) is 0 Å². The molecule has 1 atom stereocenters. The van der Waals surface area contributed by atoms with Gasteiger partial charge in [0.2, 0.25) is 0 Å². The normalized spacial score (nSPS) is 16.3. The van der Waals surface area contributed by atoms with E-state index in [-0.39, 0.29) is 24.4 Å². The Morgan fingerprint density at radius 1 is 1.15 bits per heavy atom. The largest absolute Gasteiger partial charge is 0.487 e. The van der Waals surface area contributed by atoms with E-state index in [1.807, 2.05) is 6.92 Å². The third-order valence-electron chi connectivity index (χ3n) is 4.30. The van der Waals surface area contributed by atoms with Gasteiger partial charge in [-0.15, -0.1) is 0 Å². The number of fused-ring (bicyclic) bond motifs is 1. The highest BCUT2D eigenvalue weighted by Gasteiger charge is 2.32. The van der Waals surface area contributed by atoms with Crippen molar-refractivity contribution in [1.29, 1.82) is 0 Å². The number of rotatable bonds is 4. The molecule has 8 heteroatoms. The first-order valence-electron chi connectivity index (χ1n) is 8.41. The van der Waals surface area contributed by atoms with Crippen LogP contribution >= 0.6 is 0 Å². The second-order valence-corrected chi connectivity index (χ2v) is 6.31. The third kappa shape index (κ3) is 3.38. The van der Waals surface area contributed by atoms with E-state index in [0.717, 1.165) is 6.20 Å². The van der Waals surface area contributed by atoms with Crippen molar-refractivity contribution >= 4 is 11.7 Å². The third-order valence-corrected chi connectivity index (χ3v) is 4.30. The van der Waals surface area contributed by atoms with Crippen molar-refractivity contribution in [2.75, 3.05) is 11.4 Å². The molecule has 0 saturated heterocycles. The van der Waals surface area contributed by atoms with Gasteiger partial charge >= 0.3 is 0 Å². The zero-order valence-corrected chi connectivity index (χ0v) is 14.5. The van der Waals surface area contributed by atoms with Crippen molar-refractivity contribution in [2.45, 2.75) is 19.6 Å². The number of ether oxygens (including phenoxy) is 1. The fourth-order valence-electron chi connectivity index (χ4n) is 2.99. The Morgan fingerprint density at radius 2 is 1.89 bits per heavy atom. The van der Waals surface area contributed by atoms with Gasteiger partial charge in [0.25, 0.3) is 5.91 Å². The Labute approximate surface area is 154 Å². The highest BCUT2D eigenvalue weighted by molar-refractivity contribution is 6.05. The van der Waals surface area contributed by atoms with Crippen molar-refractivity contribution < 1.29 is 18.3 Å². The lowest BCUT2D eigenvalue weighted by Gasteiger charge is -2.30. The number of anilines is 1. The molecule has 2 aromatic heterocycles. The van der Waals surface area contributed by atoms with E-state index >= 15 is 0 Å². The molecule has 0 bridgehead atoms. The Morgan fingerprint density at radius 3 is 2.59 bits per heavy atom. The molecule has 3 aromatic rings. The Balaban J connectivity index is 1.54. The molecule has 0 spiro atoms. The summed E-state index contributed by atoms with van der Waals surface area (Å²) in [5.41, 5.74) is 1.00. The van der Waals surface area contributed by atoms with Crippen LogP contribution in [-0.2, 0) is 6.61 Å². The average Bonchev–Trinajstić information content (AvgIpc) is 3.10. The zero-order chi connectivity index (χ0) is 19.0. The summed E-state index contributed by atoms with van der Waals surface area (Å²) >= 11 is 0. The van der Waals surface area contributed by atoms with Crippen LogP contribution in [-0.4, -0.2) is 27.2 Å². The first kappa shape index (κ1) is 17.1. The quantitative estimate of drug-likeness (QED) is 0.707. The summed E-state index contributed by atoms with van der Waals surface area (Å²) in [7, 11) is 0. The number of benzene rings is 1. The lowest BCUT2D eigenvalue weighted by Crippen LogP contribution is -2.42. The number of amides is 1. The Hall–Kier alpha value is -3.29. The number of carbonyl (C=O) groups excluding carboxylic acids is 1. The number of hydrogen-bond acceptors (Lipinski definition) is 4. The van der Waals surface area contributed by atoms with Crippen LogP contribution in [0.25, 0.3) is 0 Å². The summed E-state index contributed by atoms with van der Waals surface area (Å²) in [5.74, 6) is -0.147. The van der Waals surface area contributed by atoms with Crippen LogP contribution in [0.2, 0.25) is 0 Å². The van der Waals surface area contributed by atoms with Gasteiger partial charge in [-0.05, 0) is 49.4 Å². The number of carbonyl (C=O) groups is 1. The maximum atomic E-state index is 13.1. The molecule has 1 amide bonds. The fraction of sp³-hybridized carbons (Fsp3) is 0.211. The van der Waals surface area contributed by atoms with E-state index in [1.165, 1.54) is 41.3 Å². The van der Waals surface area contributed by atoms with Gasteiger partial charge in [0.15, 0.2) is 0 Å². The molecule has 27 heavy (non-hydrogen) atoms. The van der Waals surface area contributed by atoms with E-state index in [1.54, 1.807) is 10.7 Å². The molecule has 6 nitrogen and oxygen atoms in total. The highest BCUT2D eigenvalue weighted by Crippen LogP contribution is 2.26.